The minimum absolute atomic E-state index is 0.252. The van der Waals surface area contributed by atoms with Crippen LogP contribution < -0.4 is 9.47 Å². The van der Waals surface area contributed by atoms with Gasteiger partial charge < -0.3 is 9.47 Å². The number of benzene rings is 2. The molecular weight excluding hydrogens is 324 g/mol. The molecule has 0 saturated carbocycles. The van der Waals surface area contributed by atoms with Gasteiger partial charge in [0.25, 0.3) is 0 Å². The first-order valence-electron chi connectivity index (χ1n) is 7.47. The SMILES string of the molecule is Cc1ccc(-c2nn3c(-c4ccc5c(c4)OCO5)nnc3s2)cc1. The van der Waals surface area contributed by atoms with E-state index >= 15 is 0 Å². The second-order valence-electron chi connectivity index (χ2n) is 5.56. The highest BCUT2D eigenvalue weighted by atomic mass is 32.1. The van der Waals surface area contributed by atoms with Crippen LogP contribution in [-0.2, 0) is 0 Å². The maximum atomic E-state index is 5.44. The predicted octanol–water partition coefficient (Wildman–Crippen LogP) is 3.56. The first-order valence-corrected chi connectivity index (χ1v) is 8.29. The summed E-state index contributed by atoms with van der Waals surface area (Å²) in [4.78, 5) is 0.762. The molecule has 0 bridgehead atoms. The topological polar surface area (TPSA) is 61.5 Å². The van der Waals surface area contributed by atoms with Crippen LogP contribution in [0.2, 0.25) is 0 Å². The molecule has 2 aromatic heterocycles. The van der Waals surface area contributed by atoms with Crippen LogP contribution in [0.1, 0.15) is 5.56 Å². The van der Waals surface area contributed by atoms with Crippen molar-refractivity contribution < 1.29 is 9.47 Å². The molecule has 5 rings (SSSR count). The van der Waals surface area contributed by atoms with E-state index in [0.717, 1.165) is 32.6 Å². The molecule has 6 nitrogen and oxygen atoms in total. The molecule has 0 saturated heterocycles. The van der Waals surface area contributed by atoms with E-state index in [9.17, 15) is 0 Å². The number of aryl methyl sites for hydroxylation is 1. The standard InChI is InChI=1S/C17H12N4O2S/c1-10-2-4-11(5-3-10)16-20-21-15(18-19-17(21)24-16)12-6-7-13-14(8-12)23-9-22-13/h2-8H,9H2,1H3. The Hall–Kier alpha value is -2.93. The number of nitrogens with zero attached hydrogens (tertiary/aromatic N) is 4. The van der Waals surface area contributed by atoms with Crippen molar-refractivity contribution >= 4 is 16.3 Å². The van der Waals surface area contributed by atoms with Gasteiger partial charge in [-0.3, -0.25) is 0 Å². The van der Waals surface area contributed by atoms with E-state index < -0.39 is 0 Å². The molecule has 0 radical (unpaired) electrons. The summed E-state index contributed by atoms with van der Waals surface area (Å²) in [5.41, 5.74) is 3.20. The summed E-state index contributed by atoms with van der Waals surface area (Å²) in [6, 6.07) is 14.0. The van der Waals surface area contributed by atoms with Crippen LogP contribution in [0.5, 0.6) is 11.5 Å². The van der Waals surface area contributed by atoms with Crippen LogP contribution in [0.25, 0.3) is 26.9 Å². The largest absolute Gasteiger partial charge is 0.454 e. The van der Waals surface area contributed by atoms with Crippen molar-refractivity contribution in [2.75, 3.05) is 6.79 Å². The van der Waals surface area contributed by atoms with Gasteiger partial charge in [0.1, 0.15) is 5.01 Å². The monoisotopic (exact) mass is 336 g/mol. The van der Waals surface area contributed by atoms with E-state index in [1.54, 1.807) is 4.52 Å². The molecule has 0 atom stereocenters. The highest BCUT2D eigenvalue weighted by Gasteiger charge is 2.18. The summed E-state index contributed by atoms with van der Waals surface area (Å²) in [5, 5.41) is 14.1. The minimum atomic E-state index is 0.252. The first-order chi connectivity index (χ1) is 11.8. The Labute approximate surface area is 141 Å². The molecule has 1 aliphatic rings. The summed E-state index contributed by atoms with van der Waals surface area (Å²) in [6.07, 6.45) is 0. The zero-order chi connectivity index (χ0) is 16.1. The number of fused-ring (bicyclic) bond motifs is 2. The molecule has 0 fully saturated rings. The number of rotatable bonds is 2. The lowest BCUT2D eigenvalue weighted by atomic mass is 10.2. The van der Waals surface area contributed by atoms with Gasteiger partial charge in [-0.05, 0) is 25.1 Å². The third-order valence-electron chi connectivity index (χ3n) is 3.92. The molecule has 0 N–H and O–H groups in total. The normalized spacial score (nSPS) is 12.9. The van der Waals surface area contributed by atoms with Gasteiger partial charge in [0.15, 0.2) is 17.3 Å². The van der Waals surface area contributed by atoms with Gasteiger partial charge in [-0.1, -0.05) is 41.2 Å². The van der Waals surface area contributed by atoms with E-state index in [2.05, 4.69) is 46.5 Å². The molecule has 118 valence electrons. The molecule has 0 amide bonds. The summed E-state index contributed by atoms with van der Waals surface area (Å²) in [5.74, 6) is 2.16. The molecule has 0 spiro atoms. The molecule has 0 aliphatic carbocycles. The molecule has 7 heteroatoms. The Morgan fingerprint density at radius 2 is 1.75 bits per heavy atom. The Bertz CT molecular complexity index is 1050. The third kappa shape index (κ3) is 2.05. The van der Waals surface area contributed by atoms with Crippen LogP contribution in [0.4, 0.5) is 0 Å². The van der Waals surface area contributed by atoms with E-state index in [4.69, 9.17) is 9.47 Å². The average Bonchev–Trinajstić information content (AvgIpc) is 3.29. The Kier molecular flexibility index (Phi) is 2.83. The fourth-order valence-electron chi connectivity index (χ4n) is 2.65. The van der Waals surface area contributed by atoms with E-state index in [1.165, 1.54) is 16.9 Å². The van der Waals surface area contributed by atoms with Crippen molar-refractivity contribution in [3.8, 4) is 33.5 Å². The molecule has 3 heterocycles. The molecule has 2 aromatic carbocycles. The minimum Gasteiger partial charge on any atom is -0.454 e. The maximum absolute atomic E-state index is 5.44. The predicted molar refractivity (Wildman–Crippen MR) is 90.4 cm³/mol. The maximum Gasteiger partial charge on any atom is 0.235 e. The zero-order valence-electron chi connectivity index (χ0n) is 12.8. The summed E-state index contributed by atoms with van der Waals surface area (Å²) in [7, 11) is 0. The van der Waals surface area contributed by atoms with Crippen molar-refractivity contribution in [2.45, 2.75) is 6.92 Å². The highest BCUT2D eigenvalue weighted by Crippen LogP contribution is 2.36. The molecule has 24 heavy (non-hydrogen) atoms. The van der Waals surface area contributed by atoms with Crippen LogP contribution in [-0.4, -0.2) is 26.6 Å². The van der Waals surface area contributed by atoms with Gasteiger partial charge in [-0.2, -0.15) is 9.61 Å². The second kappa shape index (κ2) is 5.04. The quantitative estimate of drug-likeness (QED) is 0.560. The molecule has 4 aromatic rings. The van der Waals surface area contributed by atoms with E-state index in [0.29, 0.717) is 5.82 Å². The van der Waals surface area contributed by atoms with Gasteiger partial charge in [0.2, 0.25) is 11.8 Å². The Balaban J connectivity index is 1.61. The number of hydrogen-bond donors (Lipinski definition) is 0. The van der Waals surface area contributed by atoms with Crippen LogP contribution >= 0.6 is 11.3 Å². The van der Waals surface area contributed by atoms with Crippen molar-refractivity contribution in [3.63, 3.8) is 0 Å². The van der Waals surface area contributed by atoms with Gasteiger partial charge >= 0.3 is 0 Å². The Morgan fingerprint density at radius 3 is 2.62 bits per heavy atom. The lowest BCUT2D eigenvalue weighted by Crippen LogP contribution is -1.93. The smallest absolute Gasteiger partial charge is 0.235 e. The fourth-order valence-corrected chi connectivity index (χ4v) is 3.49. The zero-order valence-corrected chi connectivity index (χ0v) is 13.6. The van der Waals surface area contributed by atoms with Gasteiger partial charge in [0.05, 0.1) is 0 Å². The fraction of sp³-hybridized carbons (Fsp3) is 0.118. The van der Waals surface area contributed by atoms with Crippen molar-refractivity contribution in [1.82, 2.24) is 19.8 Å². The van der Waals surface area contributed by atoms with E-state index in [-0.39, 0.29) is 6.79 Å². The van der Waals surface area contributed by atoms with Crippen LogP contribution in [0.15, 0.2) is 42.5 Å². The average molecular weight is 336 g/mol. The van der Waals surface area contributed by atoms with Crippen molar-refractivity contribution in [2.24, 2.45) is 0 Å². The van der Waals surface area contributed by atoms with Crippen molar-refractivity contribution in [3.05, 3.63) is 48.0 Å². The summed E-state index contributed by atoms with van der Waals surface area (Å²) < 4.78 is 12.6. The van der Waals surface area contributed by atoms with Gasteiger partial charge in [-0.25, -0.2) is 0 Å². The van der Waals surface area contributed by atoms with Gasteiger partial charge in [-0.15, -0.1) is 10.2 Å². The second-order valence-corrected chi connectivity index (χ2v) is 6.52. The van der Waals surface area contributed by atoms with Gasteiger partial charge in [0, 0.05) is 11.1 Å². The van der Waals surface area contributed by atoms with Crippen LogP contribution in [0.3, 0.4) is 0 Å². The lowest BCUT2D eigenvalue weighted by molar-refractivity contribution is 0.174. The number of ether oxygens (including phenoxy) is 2. The number of aromatic nitrogens is 4. The summed E-state index contributed by atoms with van der Waals surface area (Å²) in [6.45, 7) is 2.32. The summed E-state index contributed by atoms with van der Waals surface area (Å²) >= 11 is 1.52. The molecule has 0 unspecified atom stereocenters. The molecule has 1 aliphatic heterocycles. The van der Waals surface area contributed by atoms with Crippen LogP contribution in [0, 0.1) is 6.92 Å². The molecular formula is C17H12N4O2S. The van der Waals surface area contributed by atoms with Crippen molar-refractivity contribution in [1.29, 1.82) is 0 Å². The Morgan fingerprint density at radius 1 is 0.958 bits per heavy atom. The highest BCUT2D eigenvalue weighted by molar-refractivity contribution is 7.19. The lowest BCUT2D eigenvalue weighted by Gasteiger charge is -2.00. The van der Waals surface area contributed by atoms with E-state index in [1.807, 2.05) is 18.2 Å². The number of hydrogen-bond acceptors (Lipinski definition) is 6. The first kappa shape index (κ1) is 13.5. The third-order valence-corrected chi connectivity index (χ3v) is 4.87.